The minimum absolute atomic E-state index is 0.393. The number of hydrogen-bond acceptors (Lipinski definition) is 9. The maximum atomic E-state index is 11.1. The van der Waals surface area contributed by atoms with Gasteiger partial charge in [0.25, 0.3) is 0 Å². The van der Waals surface area contributed by atoms with Crippen molar-refractivity contribution in [2.75, 3.05) is 0 Å². The quantitative estimate of drug-likeness (QED) is 0.382. The molecule has 0 saturated heterocycles. The lowest BCUT2D eigenvalue weighted by Crippen LogP contribution is -2.48. The minimum Gasteiger partial charge on any atom is -0.808 e. The Morgan fingerprint density at radius 2 is 1.74 bits per heavy atom. The van der Waals surface area contributed by atoms with Crippen LogP contribution in [0, 0.1) is 0 Å². The average molecular weight is 419 g/mol. The molecule has 0 bridgehead atoms. The zero-order valence-electron chi connectivity index (χ0n) is 15.4. The molecule has 0 aliphatic rings. The van der Waals surface area contributed by atoms with Gasteiger partial charge in [0.15, 0.2) is 0 Å². The maximum Gasteiger partial charge on any atom is 0.136 e. The van der Waals surface area contributed by atoms with Crippen molar-refractivity contribution >= 4 is 15.2 Å². The van der Waals surface area contributed by atoms with E-state index in [2.05, 4.69) is 16.4 Å². The van der Waals surface area contributed by atoms with Crippen molar-refractivity contribution in [3.63, 3.8) is 0 Å². The van der Waals surface area contributed by atoms with Gasteiger partial charge in [-0.05, 0) is 61.6 Å². The monoisotopic (exact) mass is 419 g/mol. The Kier molecular flexibility index (Phi) is 8.31. The Morgan fingerprint density at radius 3 is 2.26 bits per heavy atom. The van der Waals surface area contributed by atoms with Gasteiger partial charge in [0.2, 0.25) is 0 Å². The number of aryl methyl sites for hydroxylation is 1. The molecule has 0 aromatic carbocycles. The molecule has 10 nitrogen and oxygen atoms in total. The van der Waals surface area contributed by atoms with Crippen molar-refractivity contribution in [2.24, 2.45) is 0 Å². The molecule has 0 atom stereocenters. The second kappa shape index (κ2) is 9.39. The van der Waals surface area contributed by atoms with Crippen LogP contribution in [0.3, 0.4) is 0 Å². The molecule has 12 heteroatoms. The van der Waals surface area contributed by atoms with Crippen molar-refractivity contribution in [3.05, 3.63) is 35.2 Å². The summed E-state index contributed by atoms with van der Waals surface area (Å²) in [5, 5.41) is 12.8. The highest BCUT2D eigenvalue weighted by Crippen LogP contribution is 2.59. The first-order valence-electron chi connectivity index (χ1n) is 8.21. The van der Waals surface area contributed by atoms with E-state index in [0.717, 1.165) is 12.8 Å². The summed E-state index contributed by atoms with van der Waals surface area (Å²) in [4.78, 5) is 44.3. The first-order chi connectivity index (χ1) is 12.3. The fourth-order valence-corrected chi connectivity index (χ4v) is 4.06. The molecule has 0 aliphatic heterocycles. The van der Waals surface area contributed by atoms with Crippen molar-refractivity contribution < 1.29 is 33.8 Å². The van der Waals surface area contributed by atoms with Crippen LogP contribution in [0.1, 0.15) is 45.7 Å². The molecule has 0 aliphatic carbocycles. The molecule has 0 spiro atoms. The van der Waals surface area contributed by atoms with Gasteiger partial charge < -0.3 is 33.8 Å². The van der Waals surface area contributed by atoms with Crippen LogP contribution in [-0.4, -0.2) is 25.2 Å². The van der Waals surface area contributed by atoms with Gasteiger partial charge in [0, 0.05) is 6.20 Å². The topological polar surface area (TPSA) is 177 Å². The molecule has 0 unspecified atom stereocenters. The zero-order chi connectivity index (χ0) is 20.9. The maximum absolute atomic E-state index is 11.1. The van der Waals surface area contributed by atoms with E-state index in [-0.39, 0.29) is 0 Å². The Hall–Kier alpha value is -1.12. The highest BCUT2D eigenvalue weighted by atomic mass is 31.2. The summed E-state index contributed by atoms with van der Waals surface area (Å²) in [6.45, 7) is 4.73. The van der Waals surface area contributed by atoms with Gasteiger partial charge in [-0.1, -0.05) is 28.5 Å². The van der Waals surface area contributed by atoms with E-state index < -0.39 is 26.8 Å². The van der Waals surface area contributed by atoms with E-state index in [0.29, 0.717) is 23.2 Å². The molecule has 1 N–H and O–H groups in total. The molecule has 0 saturated carbocycles. The van der Waals surface area contributed by atoms with Crippen molar-refractivity contribution in [3.8, 4) is 0 Å². The second-order valence-corrected chi connectivity index (χ2v) is 10.4. The molecule has 154 valence electrons. The SMILES string of the molecule is CC(C)=CCC/C(C)=C/CCc1cn(CC(O)(P(=O)([O-])[O-])P(=O)([O-])[O-])nn1. The van der Waals surface area contributed by atoms with E-state index in [9.17, 15) is 33.8 Å². The number of allylic oxidation sites excluding steroid dienone is 4. The lowest BCUT2D eigenvalue weighted by molar-refractivity contribution is -0.349. The van der Waals surface area contributed by atoms with Gasteiger partial charge in [-0.15, -0.1) is 5.10 Å². The number of rotatable bonds is 10. The highest BCUT2D eigenvalue weighted by Gasteiger charge is 2.36. The molecule has 1 rings (SSSR count). The standard InChI is InChI=1S/C15H27N3O7P2/c1-12(2)6-4-7-13(3)8-5-9-14-10-18(17-16-14)11-15(19,26(20,21)22)27(23,24)25/h6,8,10,19H,4-5,7,9,11H2,1-3H3,(H2,20,21,22)(H2,23,24,25)/p-4/b13-8+. The molecule has 27 heavy (non-hydrogen) atoms. The Morgan fingerprint density at radius 1 is 1.15 bits per heavy atom. The summed E-state index contributed by atoms with van der Waals surface area (Å²) in [6.07, 6.45) is 8.23. The normalized spacial score (nSPS) is 13.7. The lowest BCUT2D eigenvalue weighted by atomic mass is 10.1. The Labute approximate surface area is 157 Å². The third-order valence-electron chi connectivity index (χ3n) is 3.82. The van der Waals surface area contributed by atoms with Crippen LogP contribution in [0.15, 0.2) is 29.5 Å². The van der Waals surface area contributed by atoms with Gasteiger partial charge in [-0.3, -0.25) is 0 Å². The van der Waals surface area contributed by atoms with Gasteiger partial charge >= 0.3 is 0 Å². The fourth-order valence-electron chi connectivity index (χ4n) is 2.23. The number of nitrogens with zero attached hydrogens (tertiary/aromatic N) is 3. The summed E-state index contributed by atoms with van der Waals surface area (Å²) in [5.41, 5.74) is 2.83. The summed E-state index contributed by atoms with van der Waals surface area (Å²) < 4.78 is 22.8. The first-order valence-corrected chi connectivity index (χ1v) is 11.3. The second-order valence-electron chi connectivity index (χ2n) is 6.59. The molecule has 0 fully saturated rings. The lowest BCUT2D eigenvalue weighted by Gasteiger charge is -2.55. The third kappa shape index (κ3) is 7.08. The van der Waals surface area contributed by atoms with Crippen LogP contribution >= 0.6 is 15.2 Å². The molecule has 1 aromatic heterocycles. The van der Waals surface area contributed by atoms with Gasteiger partial charge in [0.05, 0.1) is 12.2 Å². The van der Waals surface area contributed by atoms with E-state index in [1.807, 2.05) is 26.8 Å². The first kappa shape index (κ1) is 23.9. The van der Waals surface area contributed by atoms with Gasteiger partial charge in [-0.2, -0.15) is 0 Å². The van der Waals surface area contributed by atoms with E-state index in [4.69, 9.17) is 0 Å². The molecule has 1 heterocycles. The van der Waals surface area contributed by atoms with Crippen molar-refractivity contribution in [1.29, 1.82) is 0 Å². The highest BCUT2D eigenvalue weighted by molar-refractivity contribution is 7.69. The molecule has 1 aromatic rings. The van der Waals surface area contributed by atoms with Crippen LogP contribution in [0.5, 0.6) is 0 Å². The van der Waals surface area contributed by atoms with E-state index in [1.54, 1.807) is 0 Å². The number of aliphatic hydroxyl groups is 1. The smallest absolute Gasteiger partial charge is 0.136 e. The summed E-state index contributed by atoms with van der Waals surface area (Å²) in [5.74, 6) is 0. The van der Waals surface area contributed by atoms with Crippen molar-refractivity contribution in [2.45, 2.75) is 58.1 Å². The third-order valence-corrected chi connectivity index (χ3v) is 7.33. The Balaban J connectivity index is 2.72. The number of aromatic nitrogens is 3. The fraction of sp³-hybridized carbons (Fsp3) is 0.600. The largest absolute Gasteiger partial charge is 0.808 e. The molecular weight excluding hydrogens is 396 g/mol. The predicted octanol–water partition coefficient (Wildman–Crippen LogP) is -0.623. The molecule has 0 amide bonds. The van der Waals surface area contributed by atoms with E-state index >= 15 is 0 Å². The van der Waals surface area contributed by atoms with Gasteiger partial charge in [0.1, 0.15) is 5.08 Å². The summed E-state index contributed by atoms with van der Waals surface area (Å²) in [7, 11) is -12.3. The molecule has 0 radical (unpaired) electrons. The van der Waals surface area contributed by atoms with E-state index in [1.165, 1.54) is 17.3 Å². The van der Waals surface area contributed by atoms with Crippen LogP contribution < -0.4 is 19.6 Å². The predicted molar refractivity (Wildman–Crippen MR) is 90.9 cm³/mol. The van der Waals surface area contributed by atoms with Crippen LogP contribution in [0.4, 0.5) is 0 Å². The Bertz CT molecular complexity index is 765. The molecular formula is C15H23N3O7P2-4. The van der Waals surface area contributed by atoms with Crippen molar-refractivity contribution in [1.82, 2.24) is 15.0 Å². The summed E-state index contributed by atoms with van der Waals surface area (Å²) >= 11 is 0. The van der Waals surface area contributed by atoms with Crippen LogP contribution in [0.25, 0.3) is 0 Å². The average Bonchev–Trinajstić information content (AvgIpc) is 2.91. The summed E-state index contributed by atoms with van der Waals surface area (Å²) in [6, 6.07) is 0. The van der Waals surface area contributed by atoms with Gasteiger partial charge in [-0.25, -0.2) is 4.68 Å². The zero-order valence-corrected chi connectivity index (χ0v) is 17.2. The van der Waals surface area contributed by atoms with Crippen LogP contribution in [0.2, 0.25) is 0 Å². The van der Waals surface area contributed by atoms with Crippen LogP contribution in [-0.2, 0) is 22.1 Å². The number of hydrogen-bond donors (Lipinski definition) is 1. The minimum atomic E-state index is -6.15.